The van der Waals surface area contributed by atoms with Crippen LogP contribution in [0.4, 0.5) is 0 Å². The number of hydrogen-bond donors (Lipinski definition) is 1. The van der Waals surface area contributed by atoms with Crippen LogP contribution in [-0.2, 0) is 13.0 Å². The average Bonchev–Trinajstić information content (AvgIpc) is 2.39. The van der Waals surface area contributed by atoms with E-state index in [4.69, 9.17) is 0 Å². The van der Waals surface area contributed by atoms with Crippen LogP contribution in [0.15, 0.2) is 24.3 Å². The molecule has 0 atom stereocenters. The maximum Gasteiger partial charge on any atom is 0.0214 e. The smallest absolute Gasteiger partial charge is 0.0214 e. The summed E-state index contributed by atoms with van der Waals surface area (Å²) in [5.74, 6) is 0. The Morgan fingerprint density at radius 1 is 1.24 bits per heavy atom. The fourth-order valence-corrected chi connectivity index (χ4v) is 2.83. The third-order valence-electron chi connectivity index (χ3n) is 3.90. The van der Waals surface area contributed by atoms with Crippen molar-refractivity contribution in [3.63, 3.8) is 0 Å². The molecule has 0 unspecified atom stereocenters. The number of fused-ring (bicyclic) bond motifs is 1. The van der Waals surface area contributed by atoms with E-state index in [2.05, 4.69) is 41.5 Å². The second-order valence-corrected chi connectivity index (χ2v) is 5.11. The molecule has 0 aromatic heterocycles. The predicted molar refractivity (Wildman–Crippen MR) is 71.9 cm³/mol. The minimum Gasteiger partial charge on any atom is -0.312 e. The quantitative estimate of drug-likeness (QED) is 0.791. The first kappa shape index (κ1) is 11.0. The zero-order valence-corrected chi connectivity index (χ0v) is 10.5. The van der Waals surface area contributed by atoms with Gasteiger partial charge in [-0.3, -0.25) is 0 Å². The van der Waals surface area contributed by atoms with Gasteiger partial charge in [-0.1, -0.05) is 24.3 Å². The highest BCUT2D eigenvalue weighted by molar-refractivity contribution is 5.70. The van der Waals surface area contributed by atoms with E-state index in [9.17, 15) is 0 Å². The van der Waals surface area contributed by atoms with Gasteiger partial charge in [0.05, 0.1) is 0 Å². The fraction of sp³-hybridized carbons (Fsp3) is 0.467. The van der Waals surface area contributed by atoms with Crippen molar-refractivity contribution in [2.75, 3.05) is 26.7 Å². The number of hydrogen-bond acceptors (Lipinski definition) is 2. The Bertz CT molecular complexity index is 448. The molecule has 1 aromatic rings. The highest BCUT2D eigenvalue weighted by atomic mass is 15.1. The van der Waals surface area contributed by atoms with Crippen molar-refractivity contribution >= 4 is 5.57 Å². The van der Waals surface area contributed by atoms with Gasteiger partial charge in [0.15, 0.2) is 0 Å². The second kappa shape index (κ2) is 4.63. The number of nitrogens with one attached hydrogen (secondary N) is 1. The molecule has 0 amide bonds. The van der Waals surface area contributed by atoms with Gasteiger partial charge in [0, 0.05) is 19.6 Å². The standard InChI is InChI=1S/C15H20N2/c1-17-9-6-13(7-10-17)14-4-2-3-12-5-8-16-11-15(12)14/h2-4,6,16H,5,7-11H2,1H3. The summed E-state index contributed by atoms with van der Waals surface area (Å²) < 4.78 is 0. The van der Waals surface area contributed by atoms with Crippen molar-refractivity contribution in [3.05, 3.63) is 41.0 Å². The maximum absolute atomic E-state index is 3.49. The molecule has 90 valence electrons. The molecule has 0 saturated heterocycles. The summed E-state index contributed by atoms with van der Waals surface area (Å²) in [6.45, 7) is 4.44. The highest BCUT2D eigenvalue weighted by Gasteiger charge is 2.16. The van der Waals surface area contributed by atoms with Crippen molar-refractivity contribution < 1.29 is 0 Å². The summed E-state index contributed by atoms with van der Waals surface area (Å²) in [5, 5.41) is 3.49. The molecule has 1 N–H and O–H groups in total. The van der Waals surface area contributed by atoms with Crippen molar-refractivity contribution in [1.82, 2.24) is 10.2 Å². The molecule has 0 spiro atoms. The third-order valence-corrected chi connectivity index (χ3v) is 3.90. The SMILES string of the molecule is CN1CC=C(c2cccc3c2CNCC3)CC1. The van der Waals surface area contributed by atoms with Crippen molar-refractivity contribution in [2.45, 2.75) is 19.4 Å². The number of rotatable bonds is 1. The van der Waals surface area contributed by atoms with Crippen LogP contribution < -0.4 is 5.32 Å². The molecule has 3 rings (SSSR count). The Morgan fingerprint density at radius 3 is 3.00 bits per heavy atom. The minimum atomic E-state index is 1.04. The number of likely N-dealkylation sites (N-methyl/N-ethyl adjacent to an activating group) is 1. The van der Waals surface area contributed by atoms with E-state index in [1.807, 2.05) is 0 Å². The molecule has 2 aliphatic heterocycles. The summed E-state index contributed by atoms with van der Waals surface area (Å²) in [6, 6.07) is 6.80. The monoisotopic (exact) mass is 228 g/mol. The summed E-state index contributed by atoms with van der Waals surface area (Å²) in [4.78, 5) is 2.37. The zero-order valence-electron chi connectivity index (χ0n) is 10.5. The molecule has 17 heavy (non-hydrogen) atoms. The minimum absolute atomic E-state index is 1.04. The van der Waals surface area contributed by atoms with Crippen molar-refractivity contribution in [3.8, 4) is 0 Å². The Balaban J connectivity index is 1.97. The van der Waals surface area contributed by atoms with Gasteiger partial charge in [0.1, 0.15) is 0 Å². The van der Waals surface area contributed by atoms with Gasteiger partial charge in [-0.2, -0.15) is 0 Å². The molecule has 2 aliphatic rings. The third kappa shape index (κ3) is 2.15. The topological polar surface area (TPSA) is 15.3 Å². The summed E-state index contributed by atoms with van der Waals surface area (Å²) in [7, 11) is 2.19. The lowest BCUT2D eigenvalue weighted by atomic mass is 9.89. The molecule has 2 heteroatoms. The van der Waals surface area contributed by atoms with Crippen LogP contribution in [0, 0.1) is 0 Å². The first-order chi connectivity index (χ1) is 8.34. The first-order valence-corrected chi connectivity index (χ1v) is 6.54. The van der Waals surface area contributed by atoms with E-state index in [1.54, 1.807) is 11.1 Å². The van der Waals surface area contributed by atoms with Gasteiger partial charge in [-0.15, -0.1) is 0 Å². The van der Waals surface area contributed by atoms with Crippen LogP contribution in [0.25, 0.3) is 5.57 Å². The van der Waals surface area contributed by atoms with E-state index in [1.165, 1.54) is 30.5 Å². The molecule has 0 aliphatic carbocycles. The van der Waals surface area contributed by atoms with E-state index < -0.39 is 0 Å². The van der Waals surface area contributed by atoms with Crippen LogP contribution in [-0.4, -0.2) is 31.6 Å². The van der Waals surface area contributed by atoms with Crippen LogP contribution in [0.5, 0.6) is 0 Å². The lowest BCUT2D eigenvalue weighted by Gasteiger charge is -2.26. The van der Waals surface area contributed by atoms with E-state index in [0.29, 0.717) is 0 Å². The lowest BCUT2D eigenvalue weighted by Crippen LogP contribution is -2.26. The summed E-state index contributed by atoms with van der Waals surface area (Å²) >= 11 is 0. The maximum atomic E-state index is 3.49. The number of benzene rings is 1. The largest absolute Gasteiger partial charge is 0.312 e. The molecular weight excluding hydrogens is 208 g/mol. The van der Waals surface area contributed by atoms with Gasteiger partial charge in [-0.25, -0.2) is 0 Å². The van der Waals surface area contributed by atoms with Gasteiger partial charge in [0.25, 0.3) is 0 Å². The molecule has 0 radical (unpaired) electrons. The Labute approximate surface area is 103 Å². The lowest BCUT2D eigenvalue weighted by molar-refractivity contribution is 0.370. The molecule has 2 heterocycles. The van der Waals surface area contributed by atoms with Crippen molar-refractivity contribution in [1.29, 1.82) is 0 Å². The van der Waals surface area contributed by atoms with Crippen LogP contribution in [0.1, 0.15) is 23.1 Å². The Morgan fingerprint density at radius 2 is 2.18 bits per heavy atom. The van der Waals surface area contributed by atoms with Gasteiger partial charge < -0.3 is 10.2 Å². The highest BCUT2D eigenvalue weighted by Crippen LogP contribution is 2.28. The van der Waals surface area contributed by atoms with E-state index in [0.717, 1.165) is 19.6 Å². The Hall–Kier alpha value is -1.12. The Kier molecular flexibility index (Phi) is 3.00. The second-order valence-electron chi connectivity index (χ2n) is 5.11. The van der Waals surface area contributed by atoms with Gasteiger partial charge in [0.2, 0.25) is 0 Å². The van der Waals surface area contributed by atoms with Gasteiger partial charge in [-0.05, 0) is 48.7 Å². The first-order valence-electron chi connectivity index (χ1n) is 6.54. The molecular formula is C15H20N2. The zero-order chi connectivity index (χ0) is 11.7. The molecule has 0 fully saturated rings. The van der Waals surface area contributed by atoms with Crippen LogP contribution in [0.3, 0.4) is 0 Å². The van der Waals surface area contributed by atoms with Gasteiger partial charge >= 0.3 is 0 Å². The molecule has 0 bridgehead atoms. The molecule has 1 aromatic carbocycles. The molecule has 0 saturated carbocycles. The fourth-order valence-electron chi connectivity index (χ4n) is 2.83. The molecule has 2 nitrogen and oxygen atoms in total. The van der Waals surface area contributed by atoms with E-state index in [-0.39, 0.29) is 0 Å². The normalized spacial score (nSPS) is 20.9. The average molecular weight is 228 g/mol. The predicted octanol–water partition coefficient (Wildman–Crippen LogP) is 2.05. The van der Waals surface area contributed by atoms with Crippen LogP contribution >= 0.6 is 0 Å². The number of nitrogens with zero attached hydrogens (tertiary/aromatic N) is 1. The van der Waals surface area contributed by atoms with Crippen LogP contribution in [0.2, 0.25) is 0 Å². The van der Waals surface area contributed by atoms with E-state index >= 15 is 0 Å². The summed E-state index contributed by atoms with van der Waals surface area (Å²) in [6.07, 6.45) is 4.76. The summed E-state index contributed by atoms with van der Waals surface area (Å²) in [5.41, 5.74) is 6.11. The van der Waals surface area contributed by atoms with Crippen molar-refractivity contribution in [2.24, 2.45) is 0 Å².